The van der Waals surface area contributed by atoms with Crippen LogP contribution in [0.25, 0.3) is 0 Å². The van der Waals surface area contributed by atoms with E-state index < -0.39 is 0 Å². The average molecular weight is 241 g/mol. The summed E-state index contributed by atoms with van der Waals surface area (Å²) in [5.41, 5.74) is 5.71. The van der Waals surface area contributed by atoms with Crippen molar-refractivity contribution in [2.45, 2.75) is 44.4 Å². The minimum Gasteiger partial charge on any atom is -0.375 e. The fourth-order valence-electron chi connectivity index (χ4n) is 2.81. The van der Waals surface area contributed by atoms with Gasteiger partial charge in [-0.2, -0.15) is 0 Å². The summed E-state index contributed by atoms with van der Waals surface area (Å²) in [7, 11) is 0. The van der Waals surface area contributed by atoms with Crippen LogP contribution >= 0.6 is 0 Å². The van der Waals surface area contributed by atoms with Crippen molar-refractivity contribution in [1.82, 2.24) is 10.6 Å². The number of nitrogens with two attached hydrogens (primary N) is 1. The second-order valence-corrected chi connectivity index (χ2v) is 5.05. The summed E-state index contributed by atoms with van der Waals surface area (Å²) in [6.45, 7) is 4.02. The first-order valence-electron chi connectivity index (χ1n) is 6.58. The average Bonchev–Trinajstić information content (AvgIpc) is 2.76. The Morgan fingerprint density at radius 2 is 2.35 bits per heavy atom. The Balaban J connectivity index is 1.87. The van der Waals surface area contributed by atoms with Crippen LogP contribution in [-0.4, -0.2) is 43.8 Å². The third-order valence-electron chi connectivity index (χ3n) is 3.89. The Morgan fingerprint density at radius 3 is 3.06 bits per heavy atom. The van der Waals surface area contributed by atoms with Gasteiger partial charge in [-0.3, -0.25) is 4.79 Å². The Kier molecular flexibility index (Phi) is 4.36. The molecule has 1 heterocycles. The highest BCUT2D eigenvalue weighted by Crippen LogP contribution is 2.24. The van der Waals surface area contributed by atoms with Gasteiger partial charge in [-0.15, -0.1) is 0 Å². The van der Waals surface area contributed by atoms with Gasteiger partial charge in [0.1, 0.15) is 6.04 Å². The lowest BCUT2D eigenvalue weighted by molar-refractivity contribution is -0.129. The highest BCUT2D eigenvalue weighted by Gasteiger charge is 2.33. The van der Waals surface area contributed by atoms with Crippen molar-refractivity contribution in [1.29, 1.82) is 0 Å². The summed E-state index contributed by atoms with van der Waals surface area (Å²) in [5.74, 6) is 0.501. The number of amides is 1. The van der Waals surface area contributed by atoms with Gasteiger partial charge in [0.15, 0.2) is 0 Å². The zero-order valence-electron chi connectivity index (χ0n) is 10.4. The lowest BCUT2D eigenvalue weighted by atomic mass is 10.0. The molecule has 0 aromatic rings. The van der Waals surface area contributed by atoms with E-state index in [1.165, 1.54) is 0 Å². The van der Waals surface area contributed by atoms with Crippen molar-refractivity contribution >= 4 is 5.91 Å². The van der Waals surface area contributed by atoms with Gasteiger partial charge >= 0.3 is 0 Å². The molecule has 1 aliphatic carbocycles. The summed E-state index contributed by atoms with van der Waals surface area (Å²) in [6, 6.07) is 0.0335. The summed E-state index contributed by atoms with van der Waals surface area (Å²) in [4.78, 5) is 12.1. The van der Waals surface area contributed by atoms with Gasteiger partial charge in [-0.1, -0.05) is 6.42 Å². The van der Waals surface area contributed by atoms with Gasteiger partial charge in [0.2, 0.25) is 5.91 Å². The number of morpholine rings is 1. The molecule has 5 heteroatoms. The highest BCUT2D eigenvalue weighted by molar-refractivity contribution is 5.82. The zero-order chi connectivity index (χ0) is 12.3. The Morgan fingerprint density at radius 1 is 1.53 bits per heavy atom. The second-order valence-electron chi connectivity index (χ2n) is 5.05. The molecule has 0 bridgehead atoms. The van der Waals surface area contributed by atoms with Gasteiger partial charge in [0, 0.05) is 12.6 Å². The minimum absolute atomic E-state index is 0.0542. The van der Waals surface area contributed by atoms with Crippen LogP contribution in [0.4, 0.5) is 0 Å². The first-order chi connectivity index (χ1) is 8.22. The van der Waals surface area contributed by atoms with E-state index in [-0.39, 0.29) is 24.1 Å². The Bertz CT molecular complexity index is 272. The fourth-order valence-corrected chi connectivity index (χ4v) is 2.81. The maximum Gasteiger partial charge on any atom is 0.240 e. The molecule has 1 saturated heterocycles. The van der Waals surface area contributed by atoms with Crippen molar-refractivity contribution in [2.75, 3.05) is 19.7 Å². The summed E-state index contributed by atoms with van der Waals surface area (Å²) in [5, 5.41) is 6.33. The molecule has 1 amide bonds. The summed E-state index contributed by atoms with van der Waals surface area (Å²) >= 11 is 0. The smallest absolute Gasteiger partial charge is 0.240 e. The molecule has 2 fully saturated rings. The monoisotopic (exact) mass is 241 g/mol. The molecule has 1 aliphatic heterocycles. The van der Waals surface area contributed by atoms with Crippen LogP contribution in [0.15, 0.2) is 0 Å². The quantitative estimate of drug-likeness (QED) is 0.629. The van der Waals surface area contributed by atoms with E-state index in [2.05, 4.69) is 10.6 Å². The lowest BCUT2D eigenvalue weighted by Crippen LogP contribution is -2.57. The summed E-state index contributed by atoms with van der Waals surface area (Å²) in [6.07, 6.45) is 3.29. The highest BCUT2D eigenvalue weighted by atomic mass is 16.5. The van der Waals surface area contributed by atoms with Crippen molar-refractivity contribution in [3.63, 3.8) is 0 Å². The Labute approximate surface area is 102 Å². The third-order valence-corrected chi connectivity index (χ3v) is 3.89. The van der Waals surface area contributed by atoms with E-state index in [1.54, 1.807) is 0 Å². The molecular formula is C12H23N3O2. The van der Waals surface area contributed by atoms with E-state index in [0.29, 0.717) is 19.1 Å². The molecule has 0 radical (unpaired) electrons. The predicted molar refractivity (Wildman–Crippen MR) is 65.5 cm³/mol. The van der Waals surface area contributed by atoms with Gasteiger partial charge in [0.25, 0.3) is 0 Å². The number of rotatable bonds is 3. The topological polar surface area (TPSA) is 76.4 Å². The zero-order valence-corrected chi connectivity index (χ0v) is 10.4. The standard InChI is InChI=1S/C12H23N3O2/c1-8-11(14-5-6-17-8)12(16)15-10-4-2-3-9(10)7-13/h8-11,14H,2-7,13H2,1H3,(H,15,16)/t8-,9?,10?,11+/m1/s1. The lowest BCUT2D eigenvalue weighted by Gasteiger charge is -2.31. The molecule has 0 aromatic carbocycles. The molecule has 0 spiro atoms. The van der Waals surface area contributed by atoms with Gasteiger partial charge < -0.3 is 21.1 Å². The Hall–Kier alpha value is -0.650. The van der Waals surface area contributed by atoms with Crippen LogP contribution < -0.4 is 16.4 Å². The van der Waals surface area contributed by atoms with E-state index in [1.807, 2.05) is 6.92 Å². The molecule has 4 N–H and O–H groups in total. The van der Waals surface area contributed by atoms with E-state index in [9.17, 15) is 4.79 Å². The fraction of sp³-hybridized carbons (Fsp3) is 0.917. The van der Waals surface area contributed by atoms with Crippen molar-refractivity contribution in [2.24, 2.45) is 11.7 Å². The van der Waals surface area contributed by atoms with Crippen LogP contribution in [0.3, 0.4) is 0 Å². The molecule has 2 rings (SSSR count). The minimum atomic E-state index is -0.220. The second kappa shape index (κ2) is 5.80. The van der Waals surface area contributed by atoms with Crippen LogP contribution in [0, 0.1) is 5.92 Å². The first-order valence-corrected chi connectivity index (χ1v) is 6.58. The summed E-state index contributed by atoms with van der Waals surface area (Å²) < 4.78 is 5.48. The molecule has 17 heavy (non-hydrogen) atoms. The molecule has 2 unspecified atom stereocenters. The van der Waals surface area contributed by atoms with Crippen molar-refractivity contribution in [3.8, 4) is 0 Å². The number of carbonyl (C=O) groups is 1. The third kappa shape index (κ3) is 2.97. The van der Waals surface area contributed by atoms with Crippen LogP contribution in [0.1, 0.15) is 26.2 Å². The molecule has 4 atom stereocenters. The maximum absolute atomic E-state index is 12.1. The first kappa shape index (κ1) is 12.8. The SMILES string of the molecule is C[C@H]1OCCN[C@@H]1C(=O)NC1CCCC1CN. The molecule has 98 valence electrons. The van der Waals surface area contributed by atoms with Gasteiger partial charge in [-0.25, -0.2) is 0 Å². The maximum atomic E-state index is 12.1. The normalized spacial score (nSPS) is 38.0. The van der Waals surface area contributed by atoms with Crippen LogP contribution in [0.2, 0.25) is 0 Å². The van der Waals surface area contributed by atoms with E-state index in [4.69, 9.17) is 10.5 Å². The van der Waals surface area contributed by atoms with Gasteiger partial charge in [-0.05, 0) is 32.2 Å². The molecule has 2 aliphatic rings. The number of hydrogen-bond donors (Lipinski definition) is 3. The number of ether oxygens (including phenoxy) is 1. The van der Waals surface area contributed by atoms with E-state index in [0.717, 1.165) is 25.8 Å². The molecule has 0 aromatic heterocycles. The molecule has 1 saturated carbocycles. The van der Waals surface area contributed by atoms with Crippen molar-refractivity contribution < 1.29 is 9.53 Å². The molecule has 5 nitrogen and oxygen atoms in total. The number of hydrogen-bond acceptors (Lipinski definition) is 4. The van der Waals surface area contributed by atoms with Crippen LogP contribution in [-0.2, 0) is 9.53 Å². The van der Waals surface area contributed by atoms with Crippen LogP contribution in [0.5, 0.6) is 0 Å². The number of carbonyl (C=O) groups excluding carboxylic acids is 1. The number of nitrogens with one attached hydrogen (secondary N) is 2. The molecular weight excluding hydrogens is 218 g/mol. The largest absolute Gasteiger partial charge is 0.375 e. The predicted octanol–water partition coefficient (Wildman–Crippen LogP) is -0.393. The van der Waals surface area contributed by atoms with Gasteiger partial charge in [0.05, 0.1) is 12.7 Å². The van der Waals surface area contributed by atoms with E-state index >= 15 is 0 Å². The van der Waals surface area contributed by atoms with Crippen molar-refractivity contribution in [3.05, 3.63) is 0 Å².